The average molecular weight is 380 g/mol. The smallest absolute Gasteiger partial charge is 0.412 e. The quantitative estimate of drug-likeness (QED) is 0.623. The number of carbonyl (C=O) groups excluding carboxylic acids is 3. The second-order valence-electron chi connectivity index (χ2n) is 6.23. The number of esters is 1. The minimum absolute atomic E-state index is 0.189. The highest BCUT2D eigenvalue weighted by Crippen LogP contribution is 2.37. The normalized spacial score (nSPS) is 14.1. The maximum Gasteiger partial charge on any atom is 0.412 e. The van der Waals surface area contributed by atoms with Crippen molar-refractivity contribution in [3.63, 3.8) is 0 Å². The van der Waals surface area contributed by atoms with Crippen molar-refractivity contribution in [2.45, 2.75) is 32.9 Å². The minimum Gasteiger partial charge on any atom is -0.481 e. The van der Waals surface area contributed by atoms with Crippen LogP contribution >= 0.6 is 0 Å². The number of nitrogens with one attached hydrogen (secondary N) is 1. The van der Waals surface area contributed by atoms with Crippen molar-refractivity contribution in [3.8, 4) is 5.75 Å². The number of anilines is 2. The van der Waals surface area contributed by atoms with Gasteiger partial charge in [-0.25, -0.2) is 14.0 Å². The number of hydrogen-bond donors (Lipinski definition) is 1. The van der Waals surface area contributed by atoms with Gasteiger partial charge in [0.25, 0.3) is 5.91 Å². The summed E-state index contributed by atoms with van der Waals surface area (Å²) in [6.07, 6.45) is -2.40. The second-order valence-corrected chi connectivity index (χ2v) is 6.23. The van der Waals surface area contributed by atoms with E-state index < -0.39 is 24.0 Å². The molecule has 1 atom stereocenters. The number of carbonyl (C=O) groups is 3. The van der Waals surface area contributed by atoms with Crippen molar-refractivity contribution in [2.75, 3.05) is 23.9 Å². The molecule has 0 radical (unpaired) electrons. The Kier molecular flexibility index (Phi) is 6.04. The highest BCUT2D eigenvalue weighted by molar-refractivity contribution is 5.99. The van der Waals surface area contributed by atoms with Gasteiger partial charge in [-0.1, -0.05) is 6.58 Å². The first-order chi connectivity index (χ1) is 12.6. The molecule has 27 heavy (non-hydrogen) atoms. The Labute approximate surface area is 155 Å². The molecule has 8 nitrogen and oxygen atoms in total. The molecule has 1 heterocycles. The predicted molar refractivity (Wildman–Crippen MR) is 95.2 cm³/mol. The van der Waals surface area contributed by atoms with E-state index in [-0.39, 0.29) is 35.6 Å². The maximum atomic E-state index is 14.3. The van der Waals surface area contributed by atoms with Gasteiger partial charge in [0.05, 0.1) is 18.5 Å². The fourth-order valence-electron chi connectivity index (χ4n) is 2.56. The molecule has 1 N–H and O–H groups in total. The van der Waals surface area contributed by atoms with Gasteiger partial charge in [0.1, 0.15) is 5.75 Å². The van der Waals surface area contributed by atoms with Crippen molar-refractivity contribution in [1.29, 1.82) is 0 Å². The molecule has 9 heteroatoms. The van der Waals surface area contributed by atoms with Crippen LogP contribution in [0.25, 0.3) is 0 Å². The van der Waals surface area contributed by atoms with E-state index >= 15 is 0 Å². The third kappa shape index (κ3) is 4.36. The van der Waals surface area contributed by atoms with Crippen LogP contribution in [-0.4, -0.2) is 43.8 Å². The highest BCUT2D eigenvalue weighted by Gasteiger charge is 2.30. The third-order valence-corrected chi connectivity index (χ3v) is 3.77. The summed E-state index contributed by atoms with van der Waals surface area (Å²) in [7, 11) is 1.14. The number of hydrogen-bond acceptors (Lipinski definition) is 6. The van der Waals surface area contributed by atoms with E-state index in [4.69, 9.17) is 9.47 Å². The van der Waals surface area contributed by atoms with Gasteiger partial charge in [-0.15, -0.1) is 0 Å². The summed E-state index contributed by atoms with van der Waals surface area (Å²) in [6, 6.07) is 2.15. The molecule has 2 amide bonds. The van der Waals surface area contributed by atoms with Crippen LogP contribution in [0.4, 0.5) is 20.6 Å². The molecule has 1 aliphatic heterocycles. The summed E-state index contributed by atoms with van der Waals surface area (Å²) >= 11 is 0. The molecule has 0 aromatic heterocycles. The molecule has 0 aliphatic carbocycles. The standard InChI is InChI=1S/C18H21FN2O6/c1-9(2)16(17(23)25-5)27-18(24)20-12-7-13-14(6-11(12)19)26-8-15(22)21(13)10(3)4/h6-7,10,16H,1,8H2,2-5H3,(H,20,24). The third-order valence-electron chi connectivity index (χ3n) is 3.77. The summed E-state index contributed by atoms with van der Waals surface area (Å²) in [5.41, 5.74) is 0.336. The number of nitrogens with zero attached hydrogens (tertiary/aromatic N) is 1. The van der Waals surface area contributed by atoms with Gasteiger partial charge >= 0.3 is 12.1 Å². The molecule has 146 valence electrons. The fraction of sp³-hybridized carbons (Fsp3) is 0.389. The Morgan fingerprint density at radius 3 is 2.59 bits per heavy atom. The zero-order valence-electron chi connectivity index (χ0n) is 15.5. The molecule has 0 fully saturated rings. The van der Waals surface area contributed by atoms with Gasteiger partial charge in [0.2, 0.25) is 6.10 Å². The SMILES string of the molecule is C=C(C)C(OC(=O)Nc1cc2c(cc1F)OCC(=O)N2C(C)C)C(=O)OC. The van der Waals surface area contributed by atoms with E-state index in [9.17, 15) is 18.8 Å². The molecular formula is C18H21FN2O6. The Hall–Kier alpha value is -3.10. The van der Waals surface area contributed by atoms with Gasteiger partial charge in [-0.3, -0.25) is 10.1 Å². The topological polar surface area (TPSA) is 94.2 Å². The van der Waals surface area contributed by atoms with Gasteiger partial charge in [0.15, 0.2) is 12.4 Å². The lowest BCUT2D eigenvalue weighted by molar-refractivity contribution is -0.148. The zero-order valence-corrected chi connectivity index (χ0v) is 15.5. The van der Waals surface area contributed by atoms with Gasteiger partial charge in [0, 0.05) is 12.1 Å². The van der Waals surface area contributed by atoms with Crippen molar-refractivity contribution in [1.82, 2.24) is 0 Å². The lowest BCUT2D eigenvalue weighted by Crippen LogP contribution is -2.43. The van der Waals surface area contributed by atoms with Gasteiger partial charge in [-0.05, 0) is 32.4 Å². The van der Waals surface area contributed by atoms with E-state index in [0.29, 0.717) is 5.69 Å². The Morgan fingerprint density at radius 2 is 2.04 bits per heavy atom. The second kappa shape index (κ2) is 8.07. The summed E-state index contributed by atoms with van der Waals surface area (Å²) in [5.74, 6) is -1.69. The molecule has 0 spiro atoms. The van der Waals surface area contributed by atoms with E-state index in [1.165, 1.54) is 17.9 Å². The van der Waals surface area contributed by atoms with Crippen LogP contribution in [0.1, 0.15) is 20.8 Å². The Balaban J connectivity index is 2.27. The number of amides is 2. The molecule has 1 aromatic rings. The van der Waals surface area contributed by atoms with Crippen LogP contribution in [0.3, 0.4) is 0 Å². The number of halogens is 1. The minimum atomic E-state index is -1.33. The summed E-state index contributed by atoms with van der Waals surface area (Å²) in [6.45, 7) is 8.44. The first-order valence-corrected chi connectivity index (χ1v) is 8.15. The Bertz CT molecular complexity index is 792. The Morgan fingerprint density at radius 1 is 1.37 bits per heavy atom. The maximum absolute atomic E-state index is 14.3. The van der Waals surface area contributed by atoms with Crippen LogP contribution in [0, 0.1) is 5.82 Å². The number of fused-ring (bicyclic) bond motifs is 1. The molecule has 1 unspecified atom stereocenters. The van der Waals surface area contributed by atoms with Crippen LogP contribution in [0.5, 0.6) is 5.75 Å². The molecule has 0 saturated heterocycles. The first-order valence-electron chi connectivity index (χ1n) is 8.15. The van der Waals surface area contributed by atoms with Gasteiger partial charge < -0.3 is 19.1 Å². The number of rotatable bonds is 5. The number of ether oxygens (including phenoxy) is 3. The lowest BCUT2D eigenvalue weighted by Gasteiger charge is -2.32. The van der Waals surface area contributed by atoms with Crippen molar-refractivity contribution < 1.29 is 33.0 Å². The van der Waals surface area contributed by atoms with Crippen LogP contribution in [0.2, 0.25) is 0 Å². The highest BCUT2D eigenvalue weighted by atomic mass is 19.1. The number of benzene rings is 1. The summed E-state index contributed by atoms with van der Waals surface area (Å²) < 4.78 is 29.1. The first kappa shape index (κ1) is 20.2. The van der Waals surface area contributed by atoms with E-state index in [1.54, 1.807) is 13.8 Å². The van der Waals surface area contributed by atoms with E-state index in [0.717, 1.165) is 13.2 Å². The molecule has 0 bridgehead atoms. The van der Waals surface area contributed by atoms with Gasteiger partial charge in [-0.2, -0.15) is 0 Å². The molecular weight excluding hydrogens is 359 g/mol. The molecule has 0 saturated carbocycles. The van der Waals surface area contributed by atoms with E-state index in [2.05, 4.69) is 16.6 Å². The molecule has 2 rings (SSSR count). The lowest BCUT2D eigenvalue weighted by atomic mass is 10.1. The van der Waals surface area contributed by atoms with Crippen LogP contribution < -0.4 is 15.0 Å². The van der Waals surface area contributed by atoms with Crippen molar-refractivity contribution >= 4 is 29.3 Å². The summed E-state index contributed by atoms with van der Waals surface area (Å²) in [4.78, 5) is 37.2. The monoisotopic (exact) mass is 380 g/mol. The van der Waals surface area contributed by atoms with E-state index in [1.807, 2.05) is 0 Å². The average Bonchev–Trinajstić information content (AvgIpc) is 2.59. The zero-order chi connectivity index (χ0) is 20.3. The summed E-state index contributed by atoms with van der Waals surface area (Å²) in [5, 5.41) is 2.22. The van der Waals surface area contributed by atoms with Crippen LogP contribution in [-0.2, 0) is 19.1 Å². The molecule has 1 aromatic carbocycles. The van der Waals surface area contributed by atoms with Crippen LogP contribution in [0.15, 0.2) is 24.3 Å². The van der Waals surface area contributed by atoms with Crippen molar-refractivity contribution in [3.05, 3.63) is 30.1 Å². The fourth-order valence-corrected chi connectivity index (χ4v) is 2.56. The van der Waals surface area contributed by atoms with Crippen molar-refractivity contribution in [2.24, 2.45) is 0 Å². The molecule has 1 aliphatic rings. The number of methoxy groups -OCH3 is 1. The predicted octanol–water partition coefficient (Wildman–Crippen LogP) is 2.63. The largest absolute Gasteiger partial charge is 0.481 e.